The van der Waals surface area contributed by atoms with Crippen LogP contribution >= 0.6 is 11.8 Å². The van der Waals surface area contributed by atoms with Crippen molar-refractivity contribution in [3.63, 3.8) is 0 Å². The lowest BCUT2D eigenvalue weighted by molar-refractivity contribution is -0.123. The Bertz CT molecular complexity index is 378. The Labute approximate surface area is 120 Å². The topological polar surface area (TPSA) is 75.3 Å². The summed E-state index contributed by atoms with van der Waals surface area (Å²) in [7, 11) is -3.35. The van der Waals surface area contributed by atoms with Crippen molar-refractivity contribution in [2.24, 2.45) is 0 Å². The molecule has 0 aromatic rings. The van der Waals surface area contributed by atoms with Gasteiger partial charge in [-0.2, -0.15) is 11.8 Å². The normalized spacial score (nSPS) is 18.4. The molecule has 0 saturated heterocycles. The molecular formula is C12H24N2O3S2. The number of nitrogens with one attached hydrogen (secondary N) is 2. The number of hydrogen-bond donors (Lipinski definition) is 2. The third-order valence-corrected chi connectivity index (χ3v) is 5.38. The van der Waals surface area contributed by atoms with Crippen LogP contribution in [0.15, 0.2) is 0 Å². The van der Waals surface area contributed by atoms with Crippen LogP contribution in [0.3, 0.4) is 0 Å². The largest absolute Gasteiger partial charge is 0.352 e. The van der Waals surface area contributed by atoms with Gasteiger partial charge in [0.15, 0.2) is 0 Å². The molecule has 0 aliphatic heterocycles. The van der Waals surface area contributed by atoms with Crippen molar-refractivity contribution in [1.29, 1.82) is 0 Å². The van der Waals surface area contributed by atoms with Crippen molar-refractivity contribution in [1.82, 2.24) is 10.0 Å². The Morgan fingerprint density at radius 3 is 2.53 bits per heavy atom. The summed E-state index contributed by atoms with van der Waals surface area (Å²) in [5.41, 5.74) is 0. The maximum absolute atomic E-state index is 12.2. The van der Waals surface area contributed by atoms with Crippen molar-refractivity contribution < 1.29 is 13.2 Å². The van der Waals surface area contributed by atoms with Crippen LogP contribution in [-0.4, -0.2) is 44.2 Å². The molecule has 1 atom stereocenters. The van der Waals surface area contributed by atoms with E-state index in [2.05, 4.69) is 10.0 Å². The molecule has 2 N–H and O–H groups in total. The van der Waals surface area contributed by atoms with E-state index in [-0.39, 0.29) is 17.7 Å². The zero-order chi connectivity index (χ0) is 14.3. The summed E-state index contributed by atoms with van der Waals surface area (Å²) in [6, 6.07) is -0.423. The number of rotatable bonds is 8. The smallest absolute Gasteiger partial charge is 0.238 e. The standard InChI is InChI=1S/C12H24N2O3S2/c1-3-19(16,17)14-11(8-9-18-2)12(15)13-10-6-4-5-7-10/h10-11,14H,3-9H2,1-2H3,(H,13,15)/t11-/m0/s1. The fourth-order valence-corrected chi connectivity index (χ4v) is 3.45. The van der Waals surface area contributed by atoms with Crippen molar-refractivity contribution in [3.05, 3.63) is 0 Å². The Morgan fingerprint density at radius 1 is 1.37 bits per heavy atom. The number of amides is 1. The highest BCUT2D eigenvalue weighted by atomic mass is 32.2. The molecule has 0 unspecified atom stereocenters. The first-order chi connectivity index (χ1) is 8.98. The third kappa shape index (κ3) is 6.14. The highest BCUT2D eigenvalue weighted by molar-refractivity contribution is 7.98. The van der Waals surface area contributed by atoms with Crippen LogP contribution in [0.1, 0.15) is 39.0 Å². The van der Waals surface area contributed by atoms with E-state index in [9.17, 15) is 13.2 Å². The minimum atomic E-state index is -3.35. The molecule has 0 radical (unpaired) electrons. The molecule has 1 aliphatic rings. The lowest BCUT2D eigenvalue weighted by Crippen LogP contribution is -2.49. The van der Waals surface area contributed by atoms with E-state index in [0.717, 1.165) is 31.4 Å². The Balaban J connectivity index is 2.58. The summed E-state index contributed by atoms with van der Waals surface area (Å²) in [4.78, 5) is 12.2. The van der Waals surface area contributed by atoms with Crippen LogP contribution in [0, 0.1) is 0 Å². The van der Waals surface area contributed by atoms with E-state index in [1.807, 2.05) is 6.26 Å². The molecule has 19 heavy (non-hydrogen) atoms. The summed E-state index contributed by atoms with van der Waals surface area (Å²) < 4.78 is 25.7. The molecule has 0 spiro atoms. The zero-order valence-corrected chi connectivity index (χ0v) is 13.3. The molecule has 1 aliphatic carbocycles. The van der Waals surface area contributed by atoms with Crippen molar-refractivity contribution in [3.8, 4) is 0 Å². The average Bonchev–Trinajstić information content (AvgIpc) is 2.87. The fraction of sp³-hybridized carbons (Fsp3) is 0.917. The average molecular weight is 308 g/mol. The summed E-state index contributed by atoms with van der Waals surface area (Å²) >= 11 is 1.61. The molecule has 1 amide bonds. The van der Waals surface area contributed by atoms with Crippen LogP contribution in [0.4, 0.5) is 0 Å². The van der Waals surface area contributed by atoms with Gasteiger partial charge in [-0.05, 0) is 38.2 Å². The second-order valence-electron chi connectivity index (χ2n) is 4.85. The lowest BCUT2D eigenvalue weighted by Gasteiger charge is -2.20. The molecule has 0 aromatic heterocycles. The van der Waals surface area contributed by atoms with Crippen molar-refractivity contribution >= 4 is 27.7 Å². The fourth-order valence-electron chi connectivity index (χ4n) is 2.15. The van der Waals surface area contributed by atoms with Gasteiger partial charge in [0.2, 0.25) is 15.9 Å². The van der Waals surface area contributed by atoms with Gasteiger partial charge < -0.3 is 5.32 Å². The van der Waals surface area contributed by atoms with Crippen LogP contribution in [0.25, 0.3) is 0 Å². The number of hydrogen-bond acceptors (Lipinski definition) is 4. The lowest BCUT2D eigenvalue weighted by atomic mass is 10.2. The Morgan fingerprint density at radius 2 is 2.00 bits per heavy atom. The molecule has 7 heteroatoms. The number of sulfonamides is 1. The minimum absolute atomic E-state index is 0.000519. The zero-order valence-electron chi connectivity index (χ0n) is 11.6. The maximum Gasteiger partial charge on any atom is 0.238 e. The van der Waals surface area contributed by atoms with E-state index < -0.39 is 16.1 Å². The van der Waals surface area contributed by atoms with Gasteiger partial charge in [-0.3, -0.25) is 4.79 Å². The van der Waals surface area contributed by atoms with Gasteiger partial charge in [0, 0.05) is 6.04 Å². The molecule has 1 rings (SSSR count). The van der Waals surface area contributed by atoms with Crippen LogP contribution in [0.2, 0.25) is 0 Å². The van der Waals surface area contributed by atoms with Gasteiger partial charge in [-0.1, -0.05) is 12.8 Å². The SMILES string of the molecule is CCS(=O)(=O)N[C@@H](CCSC)C(=O)NC1CCCC1. The minimum Gasteiger partial charge on any atom is -0.352 e. The molecule has 1 saturated carbocycles. The van der Waals surface area contributed by atoms with Crippen molar-refractivity contribution in [2.45, 2.75) is 51.1 Å². The number of carbonyl (C=O) groups excluding carboxylic acids is 1. The van der Waals surface area contributed by atoms with E-state index in [1.54, 1.807) is 18.7 Å². The van der Waals surface area contributed by atoms with E-state index in [1.165, 1.54) is 0 Å². The van der Waals surface area contributed by atoms with E-state index in [0.29, 0.717) is 6.42 Å². The third-order valence-electron chi connectivity index (χ3n) is 3.33. The van der Waals surface area contributed by atoms with Gasteiger partial charge in [0.25, 0.3) is 0 Å². The monoisotopic (exact) mass is 308 g/mol. The van der Waals surface area contributed by atoms with Gasteiger partial charge in [0.05, 0.1) is 5.75 Å². The molecule has 0 aromatic carbocycles. The molecule has 0 heterocycles. The van der Waals surface area contributed by atoms with Gasteiger partial charge in [0.1, 0.15) is 6.04 Å². The number of carbonyl (C=O) groups is 1. The van der Waals surface area contributed by atoms with Gasteiger partial charge in [-0.15, -0.1) is 0 Å². The second kappa shape index (κ2) is 8.11. The molecule has 112 valence electrons. The van der Waals surface area contributed by atoms with Crippen LogP contribution in [-0.2, 0) is 14.8 Å². The Kier molecular flexibility index (Phi) is 7.17. The summed E-state index contributed by atoms with van der Waals surface area (Å²) in [5.74, 6) is 0.576. The highest BCUT2D eigenvalue weighted by Gasteiger charge is 2.26. The predicted molar refractivity (Wildman–Crippen MR) is 79.8 cm³/mol. The predicted octanol–water partition coefficient (Wildman–Crippen LogP) is 1.11. The summed E-state index contributed by atoms with van der Waals surface area (Å²) in [5, 5.41) is 2.96. The maximum atomic E-state index is 12.2. The molecule has 1 fully saturated rings. The van der Waals surface area contributed by atoms with Gasteiger partial charge in [-0.25, -0.2) is 13.1 Å². The second-order valence-corrected chi connectivity index (χ2v) is 7.87. The van der Waals surface area contributed by atoms with E-state index >= 15 is 0 Å². The summed E-state index contributed by atoms with van der Waals surface area (Å²) in [6.07, 6.45) is 6.75. The molecule has 0 bridgehead atoms. The van der Waals surface area contributed by atoms with E-state index in [4.69, 9.17) is 0 Å². The highest BCUT2D eigenvalue weighted by Crippen LogP contribution is 2.18. The molecular weight excluding hydrogens is 284 g/mol. The summed E-state index contributed by atoms with van der Waals surface area (Å²) in [6.45, 7) is 1.57. The molecule has 5 nitrogen and oxygen atoms in total. The first kappa shape index (κ1) is 16.8. The van der Waals surface area contributed by atoms with Crippen LogP contribution < -0.4 is 10.0 Å². The van der Waals surface area contributed by atoms with Gasteiger partial charge >= 0.3 is 0 Å². The first-order valence-electron chi connectivity index (χ1n) is 6.78. The quantitative estimate of drug-likeness (QED) is 0.704. The Hall–Kier alpha value is -0.270. The van der Waals surface area contributed by atoms with Crippen molar-refractivity contribution in [2.75, 3.05) is 17.8 Å². The van der Waals surface area contributed by atoms with Crippen LogP contribution in [0.5, 0.6) is 0 Å². The number of thioether (sulfide) groups is 1. The first-order valence-corrected chi connectivity index (χ1v) is 9.82.